The first-order chi connectivity index (χ1) is 9.28. The van der Waals surface area contributed by atoms with Crippen LogP contribution in [0.15, 0.2) is 41.9 Å². The fourth-order valence-electron chi connectivity index (χ4n) is 1.79. The molecule has 0 spiro atoms. The van der Waals surface area contributed by atoms with Crippen LogP contribution in [-0.4, -0.2) is 33.9 Å². The van der Waals surface area contributed by atoms with E-state index in [0.29, 0.717) is 0 Å². The van der Waals surface area contributed by atoms with E-state index < -0.39 is 0 Å². The molecule has 0 aliphatic carbocycles. The molecular weight excluding hydrogens is 240 g/mol. The Balaban J connectivity index is 1.71. The molecule has 0 radical (unpaired) electrons. The summed E-state index contributed by atoms with van der Waals surface area (Å²) in [5.74, 6) is 0.802. The van der Waals surface area contributed by atoms with Gasteiger partial charge in [0, 0.05) is 57.9 Å². The second kappa shape index (κ2) is 6.63. The van der Waals surface area contributed by atoms with Crippen LogP contribution in [-0.2, 0) is 20.1 Å². The summed E-state index contributed by atoms with van der Waals surface area (Å²) in [5, 5.41) is 10.7. The molecule has 0 amide bonds. The number of nitrogens with zero attached hydrogens (tertiary/aromatic N) is 4. The first kappa shape index (κ1) is 13.2. The number of aromatic nitrogens is 3. The second-order valence-electron chi connectivity index (χ2n) is 4.30. The van der Waals surface area contributed by atoms with Crippen LogP contribution in [0.5, 0.6) is 0 Å². The van der Waals surface area contributed by atoms with Crippen molar-refractivity contribution in [3.05, 3.63) is 42.5 Å². The van der Waals surface area contributed by atoms with Gasteiger partial charge in [-0.1, -0.05) is 0 Å². The molecule has 19 heavy (non-hydrogen) atoms. The zero-order chi connectivity index (χ0) is 13.5. The van der Waals surface area contributed by atoms with Gasteiger partial charge in [-0.25, -0.2) is 0 Å². The molecule has 0 unspecified atom stereocenters. The number of rotatable bonds is 5. The van der Waals surface area contributed by atoms with Crippen LogP contribution in [0.3, 0.4) is 0 Å². The van der Waals surface area contributed by atoms with Crippen molar-refractivity contribution in [2.24, 2.45) is 12.0 Å². The van der Waals surface area contributed by atoms with Crippen LogP contribution in [0.4, 0.5) is 0 Å². The summed E-state index contributed by atoms with van der Waals surface area (Å²) < 4.78 is 3.92. The SMILES string of the molecule is CN=C(NCCn1cccc1)NCc1cnn(C)c1. The topological polar surface area (TPSA) is 59.2 Å². The van der Waals surface area contributed by atoms with Crippen molar-refractivity contribution in [2.75, 3.05) is 13.6 Å². The molecule has 0 atom stereocenters. The molecule has 2 heterocycles. The third-order valence-corrected chi connectivity index (χ3v) is 2.77. The maximum Gasteiger partial charge on any atom is 0.191 e. The minimum atomic E-state index is 0.719. The number of hydrogen-bond donors (Lipinski definition) is 2. The number of aliphatic imine (C=N–C) groups is 1. The first-order valence-electron chi connectivity index (χ1n) is 6.31. The fourth-order valence-corrected chi connectivity index (χ4v) is 1.79. The van der Waals surface area contributed by atoms with Crippen molar-refractivity contribution in [1.82, 2.24) is 25.0 Å². The third-order valence-electron chi connectivity index (χ3n) is 2.77. The average molecular weight is 260 g/mol. The zero-order valence-corrected chi connectivity index (χ0v) is 11.4. The van der Waals surface area contributed by atoms with Crippen molar-refractivity contribution < 1.29 is 0 Å². The van der Waals surface area contributed by atoms with Crippen LogP contribution in [0.1, 0.15) is 5.56 Å². The predicted octanol–water partition coefficient (Wildman–Crippen LogP) is 0.587. The van der Waals surface area contributed by atoms with E-state index >= 15 is 0 Å². The number of hydrogen-bond acceptors (Lipinski definition) is 2. The Morgan fingerprint density at radius 1 is 1.32 bits per heavy atom. The van der Waals surface area contributed by atoms with Gasteiger partial charge in [0.05, 0.1) is 6.20 Å². The lowest BCUT2D eigenvalue weighted by molar-refractivity contribution is 0.665. The zero-order valence-electron chi connectivity index (χ0n) is 11.4. The lowest BCUT2D eigenvalue weighted by Crippen LogP contribution is -2.38. The van der Waals surface area contributed by atoms with Crippen LogP contribution in [0.2, 0.25) is 0 Å². The molecule has 6 heteroatoms. The highest BCUT2D eigenvalue weighted by Crippen LogP contribution is 1.94. The fraction of sp³-hybridized carbons (Fsp3) is 0.385. The van der Waals surface area contributed by atoms with E-state index in [9.17, 15) is 0 Å². The van der Waals surface area contributed by atoms with Crippen molar-refractivity contribution in [3.8, 4) is 0 Å². The van der Waals surface area contributed by atoms with Gasteiger partial charge >= 0.3 is 0 Å². The maximum atomic E-state index is 4.19. The molecule has 0 bridgehead atoms. The van der Waals surface area contributed by atoms with Crippen LogP contribution in [0.25, 0.3) is 0 Å². The highest BCUT2D eigenvalue weighted by atomic mass is 15.2. The summed E-state index contributed by atoms with van der Waals surface area (Å²) in [4.78, 5) is 4.19. The number of nitrogens with one attached hydrogen (secondary N) is 2. The molecule has 0 aliphatic rings. The largest absolute Gasteiger partial charge is 0.355 e. The van der Waals surface area contributed by atoms with Crippen LogP contribution < -0.4 is 10.6 Å². The summed E-state index contributed by atoms with van der Waals surface area (Å²) in [5.41, 5.74) is 1.14. The van der Waals surface area contributed by atoms with Gasteiger partial charge in [0.15, 0.2) is 5.96 Å². The monoisotopic (exact) mass is 260 g/mol. The van der Waals surface area contributed by atoms with Gasteiger partial charge < -0.3 is 15.2 Å². The molecule has 0 fully saturated rings. The highest BCUT2D eigenvalue weighted by Gasteiger charge is 1.99. The standard InChI is InChI=1S/C13H20N6/c1-14-13(15-5-8-19-6-3-4-7-19)16-9-12-10-17-18(2)11-12/h3-4,6-7,10-11H,5,8-9H2,1-2H3,(H2,14,15,16). The van der Waals surface area contributed by atoms with Crippen molar-refractivity contribution in [3.63, 3.8) is 0 Å². The quantitative estimate of drug-likeness (QED) is 0.611. The van der Waals surface area contributed by atoms with E-state index in [-0.39, 0.29) is 0 Å². The lowest BCUT2D eigenvalue weighted by Gasteiger charge is -2.11. The Morgan fingerprint density at radius 2 is 2.11 bits per heavy atom. The smallest absolute Gasteiger partial charge is 0.191 e. The second-order valence-corrected chi connectivity index (χ2v) is 4.30. The van der Waals surface area contributed by atoms with Gasteiger partial charge in [0.2, 0.25) is 0 Å². The summed E-state index contributed by atoms with van der Waals surface area (Å²) in [6, 6.07) is 4.05. The Labute approximate surface area is 113 Å². The lowest BCUT2D eigenvalue weighted by atomic mass is 10.4. The highest BCUT2D eigenvalue weighted by molar-refractivity contribution is 5.79. The minimum absolute atomic E-state index is 0.719. The van der Waals surface area contributed by atoms with Crippen molar-refractivity contribution in [2.45, 2.75) is 13.1 Å². The van der Waals surface area contributed by atoms with Crippen molar-refractivity contribution >= 4 is 5.96 Å². The number of aryl methyl sites for hydroxylation is 1. The Hall–Kier alpha value is -2.24. The van der Waals surface area contributed by atoms with E-state index in [4.69, 9.17) is 0 Å². The summed E-state index contributed by atoms with van der Waals surface area (Å²) >= 11 is 0. The molecule has 0 saturated heterocycles. The van der Waals surface area contributed by atoms with Gasteiger partial charge in [-0.05, 0) is 12.1 Å². The minimum Gasteiger partial charge on any atom is -0.355 e. The van der Waals surface area contributed by atoms with Gasteiger partial charge in [0.25, 0.3) is 0 Å². The Kier molecular flexibility index (Phi) is 4.60. The molecule has 0 aromatic carbocycles. The molecule has 102 valence electrons. The molecule has 0 saturated carbocycles. The Bertz CT molecular complexity index is 511. The summed E-state index contributed by atoms with van der Waals surface area (Å²) in [6.45, 7) is 2.47. The van der Waals surface area contributed by atoms with Crippen LogP contribution >= 0.6 is 0 Å². The van der Waals surface area contributed by atoms with Gasteiger partial charge in [0.1, 0.15) is 0 Å². The van der Waals surface area contributed by atoms with E-state index in [1.165, 1.54) is 0 Å². The van der Waals surface area contributed by atoms with E-state index in [1.807, 2.05) is 44.0 Å². The maximum absolute atomic E-state index is 4.19. The van der Waals surface area contributed by atoms with Gasteiger partial charge in [-0.3, -0.25) is 9.67 Å². The first-order valence-corrected chi connectivity index (χ1v) is 6.31. The van der Waals surface area contributed by atoms with Crippen molar-refractivity contribution in [1.29, 1.82) is 0 Å². The molecule has 2 aromatic rings. The van der Waals surface area contributed by atoms with E-state index in [1.54, 1.807) is 11.7 Å². The predicted molar refractivity (Wildman–Crippen MR) is 75.8 cm³/mol. The average Bonchev–Trinajstić information content (AvgIpc) is 3.05. The van der Waals surface area contributed by atoms with E-state index in [2.05, 4.69) is 25.3 Å². The molecular formula is C13H20N6. The normalized spacial score (nSPS) is 11.6. The third kappa shape index (κ3) is 4.17. The number of guanidine groups is 1. The summed E-state index contributed by atoms with van der Waals surface area (Å²) in [6.07, 6.45) is 7.93. The molecule has 2 aromatic heterocycles. The molecule has 6 nitrogen and oxygen atoms in total. The van der Waals surface area contributed by atoms with Gasteiger partial charge in [-0.2, -0.15) is 5.10 Å². The molecule has 2 rings (SSSR count). The van der Waals surface area contributed by atoms with Crippen LogP contribution in [0, 0.1) is 0 Å². The van der Waals surface area contributed by atoms with E-state index in [0.717, 1.165) is 31.2 Å². The van der Waals surface area contributed by atoms with Gasteiger partial charge in [-0.15, -0.1) is 0 Å². The molecule has 0 aliphatic heterocycles. The molecule has 2 N–H and O–H groups in total. The Morgan fingerprint density at radius 3 is 2.74 bits per heavy atom. The summed E-state index contributed by atoms with van der Waals surface area (Å²) in [7, 11) is 3.68.